The fourth-order valence-electron chi connectivity index (χ4n) is 2.05. The zero-order chi connectivity index (χ0) is 12.7. The van der Waals surface area contributed by atoms with Crippen molar-refractivity contribution >= 4 is 5.91 Å². The molecular weight excluding hydrogens is 214 g/mol. The van der Waals surface area contributed by atoms with Crippen LogP contribution in [-0.4, -0.2) is 43.0 Å². The molecule has 0 spiro atoms. The first-order valence-corrected chi connectivity index (χ1v) is 6.92. The molecule has 1 unspecified atom stereocenters. The van der Waals surface area contributed by atoms with Crippen LogP contribution in [0.1, 0.15) is 39.5 Å². The van der Waals surface area contributed by atoms with Crippen molar-refractivity contribution in [2.75, 3.05) is 26.2 Å². The van der Waals surface area contributed by atoms with E-state index in [1.165, 1.54) is 19.3 Å². The van der Waals surface area contributed by atoms with Crippen LogP contribution in [0, 0.1) is 5.92 Å². The maximum absolute atomic E-state index is 11.9. The molecule has 0 heterocycles. The van der Waals surface area contributed by atoms with Crippen LogP contribution in [0.25, 0.3) is 0 Å². The summed E-state index contributed by atoms with van der Waals surface area (Å²) < 4.78 is 0. The van der Waals surface area contributed by atoms with Gasteiger partial charge in [-0.15, -0.1) is 0 Å². The molecule has 17 heavy (non-hydrogen) atoms. The van der Waals surface area contributed by atoms with E-state index >= 15 is 0 Å². The third-order valence-electron chi connectivity index (χ3n) is 3.50. The Kier molecular flexibility index (Phi) is 6.52. The van der Waals surface area contributed by atoms with Gasteiger partial charge in [-0.1, -0.05) is 12.8 Å². The third kappa shape index (κ3) is 5.50. The average Bonchev–Trinajstić information content (AvgIpc) is 3.13. The third-order valence-corrected chi connectivity index (χ3v) is 3.50. The highest BCUT2D eigenvalue weighted by molar-refractivity contribution is 5.76. The Morgan fingerprint density at radius 3 is 2.53 bits per heavy atom. The summed E-state index contributed by atoms with van der Waals surface area (Å²) in [6, 6.07) is 0.141. The van der Waals surface area contributed by atoms with Crippen molar-refractivity contribution in [1.82, 2.24) is 10.2 Å². The van der Waals surface area contributed by atoms with Crippen LogP contribution in [0.2, 0.25) is 0 Å². The number of rotatable bonds is 9. The van der Waals surface area contributed by atoms with Gasteiger partial charge < -0.3 is 16.0 Å². The Morgan fingerprint density at radius 2 is 2.06 bits per heavy atom. The molecule has 3 N–H and O–H groups in total. The number of amides is 1. The van der Waals surface area contributed by atoms with Gasteiger partial charge >= 0.3 is 0 Å². The Labute approximate surface area is 105 Å². The van der Waals surface area contributed by atoms with E-state index in [0.717, 1.165) is 25.6 Å². The van der Waals surface area contributed by atoms with Gasteiger partial charge in [0.25, 0.3) is 0 Å². The van der Waals surface area contributed by atoms with E-state index in [0.29, 0.717) is 13.0 Å². The molecule has 1 fully saturated rings. The first-order chi connectivity index (χ1) is 8.21. The Morgan fingerprint density at radius 1 is 1.41 bits per heavy atom. The van der Waals surface area contributed by atoms with Gasteiger partial charge in [-0.3, -0.25) is 4.79 Å². The summed E-state index contributed by atoms with van der Waals surface area (Å²) in [5, 5.41) is 3.40. The maximum atomic E-state index is 11.9. The zero-order valence-electron chi connectivity index (χ0n) is 11.2. The number of carbonyl (C=O) groups is 1. The first-order valence-electron chi connectivity index (χ1n) is 6.92. The normalized spacial score (nSPS) is 16.9. The van der Waals surface area contributed by atoms with Gasteiger partial charge in [0.1, 0.15) is 0 Å². The Hall–Kier alpha value is -0.610. The van der Waals surface area contributed by atoms with Gasteiger partial charge in [0, 0.05) is 32.1 Å². The number of carbonyl (C=O) groups excluding carboxylic acids is 1. The lowest BCUT2D eigenvalue weighted by molar-refractivity contribution is -0.131. The van der Waals surface area contributed by atoms with E-state index in [-0.39, 0.29) is 11.9 Å². The molecule has 4 nitrogen and oxygen atoms in total. The highest BCUT2D eigenvalue weighted by Gasteiger charge is 2.21. The zero-order valence-corrected chi connectivity index (χ0v) is 11.2. The molecule has 0 saturated heterocycles. The smallest absolute Gasteiger partial charge is 0.224 e. The lowest BCUT2D eigenvalue weighted by Gasteiger charge is -2.22. The highest BCUT2D eigenvalue weighted by Crippen LogP contribution is 2.31. The molecule has 0 aliphatic heterocycles. The second-order valence-electron chi connectivity index (χ2n) is 4.89. The average molecular weight is 241 g/mol. The van der Waals surface area contributed by atoms with Crippen LogP contribution in [-0.2, 0) is 4.79 Å². The van der Waals surface area contributed by atoms with Crippen molar-refractivity contribution in [3.05, 3.63) is 0 Å². The van der Waals surface area contributed by atoms with Gasteiger partial charge in [-0.2, -0.15) is 0 Å². The molecule has 1 aliphatic carbocycles. The summed E-state index contributed by atoms with van der Waals surface area (Å²) in [5.74, 6) is 1.14. The Balaban J connectivity index is 2.21. The van der Waals surface area contributed by atoms with Crippen molar-refractivity contribution in [2.24, 2.45) is 11.7 Å². The SMILES string of the molecule is CCN(CC)C(=O)CC(CN)NCCC1CC1. The van der Waals surface area contributed by atoms with Crippen LogP contribution in [0.5, 0.6) is 0 Å². The van der Waals surface area contributed by atoms with Crippen molar-refractivity contribution in [3.63, 3.8) is 0 Å². The van der Waals surface area contributed by atoms with E-state index in [9.17, 15) is 4.79 Å². The monoisotopic (exact) mass is 241 g/mol. The summed E-state index contributed by atoms with van der Waals surface area (Å²) in [4.78, 5) is 13.8. The van der Waals surface area contributed by atoms with Gasteiger partial charge in [-0.05, 0) is 32.7 Å². The predicted molar refractivity (Wildman–Crippen MR) is 70.7 cm³/mol. The van der Waals surface area contributed by atoms with Gasteiger partial charge in [0.2, 0.25) is 5.91 Å². The molecular formula is C13H27N3O. The first kappa shape index (κ1) is 14.5. The van der Waals surface area contributed by atoms with Crippen LogP contribution in [0.15, 0.2) is 0 Å². The molecule has 0 radical (unpaired) electrons. The minimum atomic E-state index is 0.141. The van der Waals surface area contributed by atoms with E-state index in [1.807, 2.05) is 18.7 Å². The summed E-state index contributed by atoms with van der Waals surface area (Å²) >= 11 is 0. The van der Waals surface area contributed by atoms with Crippen molar-refractivity contribution in [3.8, 4) is 0 Å². The van der Waals surface area contributed by atoms with Crippen LogP contribution in [0.3, 0.4) is 0 Å². The van der Waals surface area contributed by atoms with E-state index < -0.39 is 0 Å². The van der Waals surface area contributed by atoms with Gasteiger partial charge in [-0.25, -0.2) is 0 Å². The molecule has 0 aromatic carbocycles. The number of hydrogen-bond acceptors (Lipinski definition) is 3. The maximum Gasteiger partial charge on any atom is 0.224 e. The van der Waals surface area contributed by atoms with Crippen LogP contribution in [0.4, 0.5) is 0 Å². The quantitative estimate of drug-likeness (QED) is 0.632. The molecule has 1 saturated carbocycles. The lowest BCUT2D eigenvalue weighted by atomic mass is 10.1. The Bertz CT molecular complexity index is 225. The molecule has 4 heteroatoms. The second-order valence-corrected chi connectivity index (χ2v) is 4.89. The van der Waals surface area contributed by atoms with Gasteiger partial charge in [0.05, 0.1) is 0 Å². The second kappa shape index (κ2) is 7.67. The summed E-state index contributed by atoms with van der Waals surface area (Å²) in [5.41, 5.74) is 5.70. The number of nitrogens with one attached hydrogen (secondary N) is 1. The molecule has 0 bridgehead atoms. The number of nitrogens with two attached hydrogens (primary N) is 1. The van der Waals surface area contributed by atoms with E-state index in [4.69, 9.17) is 5.73 Å². The van der Waals surface area contributed by atoms with Crippen molar-refractivity contribution in [2.45, 2.75) is 45.6 Å². The predicted octanol–water partition coefficient (Wildman–Crippen LogP) is 0.962. The van der Waals surface area contributed by atoms with Crippen LogP contribution >= 0.6 is 0 Å². The summed E-state index contributed by atoms with van der Waals surface area (Å²) in [6.45, 7) is 7.14. The highest BCUT2D eigenvalue weighted by atomic mass is 16.2. The molecule has 0 aromatic heterocycles. The minimum absolute atomic E-state index is 0.141. The van der Waals surface area contributed by atoms with Crippen molar-refractivity contribution in [1.29, 1.82) is 0 Å². The summed E-state index contributed by atoms with van der Waals surface area (Å²) in [6.07, 6.45) is 4.53. The molecule has 1 amide bonds. The number of nitrogens with zero attached hydrogens (tertiary/aromatic N) is 1. The van der Waals surface area contributed by atoms with E-state index in [1.54, 1.807) is 0 Å². The molecule has 0 aromatic rings. The topological polar surface area (TPSA) is 58.4 Å². The van der Waals surface area contributed by atoms with E-state index in [2.05, 4.69) is 5.32 Å². The standard InChI is InChI=1S/C13H27N3O/c1-3-16(4-2)13(17)9-12(10-14)15-8-7-11-5-6-11/h11-12,15H,3-10,14H2,1-2H3. The summed E-state index contributed by atoms with van der Waals surface area (Å²) in [7, 11) is 0. The molecule has 1 aliphatic rings. The van der Waals surface area contributed by atoms with Crippen LogP contribution < -0.4 is 11.1 Å². The number of hydrogen-bond donors (Lipinski definition) is 2. The van der Waals surface area contributed by atoms with Crippen molar-refractivity contribution < 1.29 is 4.79 Å². The van der Waals surface area contributed by atoms with Gasteiger partial charge in [0.15, 0.2) is 0 Å². The fraction of sp³-hybridized carbons (Fsp3) is 0.923. The molecule has 1 atom stereocenters. The fourth-order valence-corrected chi connectivity index (χ4v) is 2.05. The lowest BCUT2D eigenvalue weighted by Crippen LogP contribution is -2.42. The molecule has 1 rings (SSSR count). The largest absolute Gasteiger partial charge is 0.343 e. The minimum Gasteiger partial charge on any atom is -0.343 e. The molecule has 100 valence electrons.